The summed E-state index contributed by atoms with van der Waals surface area (Å²) in [6.07, 6.45) is -0.332. The highest BCUT2D eigenvalue weighted by Gasteiger charge is 2.40. The van der Waals surface area contributed by atoms with Crippen LogP contribution in [0.5, 0.6) is 0 Å². The Balaban J connectivity index is 2.67. The molecule has 88 valence electrons. The molecule has 1 amide bonds. The average molecular weight is 250 g/mol. The van der Waals surface area contributed by atoms with Crippen LogP contribution in [0.4, 0.5) is 5.69 Å². The predicted molar refractivity (Wildman–Crippen MR) is 61.0 cm³/mol. The van der Waals surface area contributed by atoms with Crippen LogP contribution in [0.2, 0.25) is 0 Å². The highest BCUT2D eigenvalue weighted by atomic mass is 32.2. The fraction of sp³-hybridized carbons (Fsp3) is 0.273. The third-order valence-corrected chi connectivity index (χ3v) is 4.82. The third kappa shape index (κ3) is 1.68. The molecule has 0 radical (unpaired) electrons. The SMILES string of the molecule is Cc1cccc2c1NC(=O)C(CC#N)S2(=O)=O. The number of sulfone groups is 1. The summed E-state index contributed by atoms with van der Waals surface area (Å²) in [4.78, 5) is 11.8. The van der Waals surface area contributed by atoms with Gasteiger partial charge in [0.1, 0.15) is 0 Å². The maximum absolute atomic E-state index is 12.1. The van der Waals surface area contributed by atoms with Crippen molar-refractivity contribution in [3.8, 4) is 6.07 Å². The molecule has 0 bridgehead atoms. The monoisotopic (exact) mass is 250 g/mol. The number of aryl methyl sites for hydroxylation is 1. The summed E-state index contributed by atoms with van der Waals surface area (Å²) in [5, 5.41) is 9.82. The molecule has 1 aliphatic rings. The van der Waals surface area contributed by atoms with Gasteiger partial charge in [0.25, 0.3) is 0 Å². The smallest absolute Gasteiger partial charge is 0.244 e. The van der Waals surface area contributed by atoms with Gasteiger partial charge in [0, 0.05) is 0 Å². The maximum Gasteiger partial charge on any atom is 0.244 e. The Morgan fingerprint density at radius 1 is 1.47 bits per heavy atom. The largest absolute Gasteiger partial charge is 0.324 e. The van der Waals surface area contributed by atoms with E-state index in [-0.39, 0.29) is 11.3 Å². The second-order valence-corrected chi connectivity index (χ2v) is 5.93. The quantitative estimate of drug-likeness (QED) is 0.805. The van der Waals surface area contributed by atoms with Gasteiger partial charge in [-0.05, 0) is 18.6 Å². The lowest BCUT2D eigenvalue weighted by Gasteiger charge is -2.24. The first-order valence-corrected chi connectivity index (χ1v) is 6.54. The van der Waals surface area contributed by atoms with Gasteiger partial charge < -0.3 is 5.32 Å². The summed E-state index contributed by atoms with van der Waals surface area (Å²) in [6.45, 7) is 1.72. The number of nitrogens with zero attached hydrogens (tertiary/aromatic N) is 1. The van der Waals surface area contributed by atoms with E-state index in [0.29, 0.717) is 11.3 Å². The zero-order chi connectivity index (χ0) is 12.6. The van der Waals surface area contributed by atoms with E-state index in [9.17, 15) is 13.2 Å². The second-order valence-electron chi connectivity index (χ2n) is 3.83. The zero-order valence-corrected chi connectivity index (χ0v) is 9.91. The lowest BCUT2D eigenvalue weighted by molar-refractivity contribution is -0.115. The van der Waals surface area contributed by atoms with Gasteiger partial charge in [0.15, 0.2) is 15.1 Å². The van der Waals surface area contributed by atoms with Crippen LogP contribution in [0.3, 0.4) is 0 Å². The zero-order valence-electron chi connectivity index (χ0n) is 9.10. The van der Waals surface area contributed by atoms with Crippen molar-refractivity contribution in [1.29, 1.82) is 5.26 Å². The summed E-state index contributed by atoms with van der Waals surface area (Å²) in [5.41, 5.74) is 1.02. The standard InChI is InChI=1S/C11H10N2O3S/c1-7-3-2-4-8-10(7)13-11(14)9(5-6-12)17(8,15)16/h2-4,9H,5H2,1H3,(H,13,14). The summed E-state index contributed by atoms with van der Waals surface area (Å²) in [7, 11) is -3.75. The number of fused-ring (bicyclic) bond motifs is 1. The van der Waals surface area contributed by atoms with Crippen LogP contribution in [0.1, 0.15) is 12.0 Å². The Morgan fingerprint density at radius 2 is 2.18 bits per heavy atom. The van der Waals surface area contributed by atoms with Gasteiger partial charge in [-0.1, -0.05) is 12.1 Å². The topological polar surface area (TPSA) is 87.0 Å². The van der Waals surface area contributed by atoms with E-state index in [4.69, 9.17) is 5.26 Å². The van der Waals surface area contributed by atoms with Gasteiger partial charge in [-0.15, -0.1) is 0 Å². The fourth-order valence-electron chi connectivity index (χ4n) is 1.82. The highest BCUT2D eigenvalue weighted by molar-refractivity contribution is 7.93. The molecule has 0 saturated carbocycles. The Kier molecular flexibility index (Phi) is 2.63. The highest BCUT2D eigenvalue weighted by Crippen LogP contribution is 2.33. The van der Waals surface area contributed by atoms with E-state index in [0.717, 1.165) is 0 Å². The molecule has 0 spiro atoms. The van der Waals surface area contributed by atoms with Gasteiger partial charge in [-0.2, -0.15) is 5.26 Å². The molecule has 0 saturated heterocycles. The normalized spacial score (nSPS) is 21.2. The fourth-order valence-corrected chi connectivity index (χ4v) is 3.53. The van der Waals surface area contributed by atoms with Crippen LogP contribution < -0.4 is 5.32 Å². The Labute approximate surface area is 99.0 Å². The van der Waals surface area contributed by atoms with Gasteiger partial charge in [0.2, 0.25) is 5.91 Å². The first-order chi connectivity index (χ1) is 7.98. The van der Waals surface area contributed by atoms with Crippen molar-refractivity contribution in [2.75, 3.05) is 5.32 Å². The molecule has 17 heavy (non-hydrogen) atoms. The molecule has 0 aromatic heterocycles. The number of nitrogens with one attached hydrogen (secondary N) is 1. The number of benzene rings is 1. The number of amides is 1. The first-order valence-electron chi connectivity index (χ1n) is 5.00. The minimum Gasteiger partial charge on any atom is -0.324 e. The van der Waals surface area contributed by atoms with Crippen molar-refractivity contribution >= 4 is 21.4 Å². The number of rotatable bonds is 1. The minimum atomic E-state index is -3.75. The lowest BCUT2D eigenvalue weighted by Crippen LogP contribution is -2.39. The molecule has 0 aliphatic carbocycles. The van der Waals surface area contributed by atoms with Crippen LogP contribution in [-0.4, -0.2) is 19.6 Å². The van der Waals surface area contributed by atoms with Crippen molar-refractivity contribution in [2.24, 2.45) is 0 Å². The predicted octanol–water partition coefficient (Wildman–Crippen LogP) is 1.00. The molecule has 1 N–H and O–H groups in total. The van der Waals surface area contributed by atoms with Crippen LogP contribution >= 0.6 is 0 Å². The minimum absolute atomic E-state index is 0.0948. The summed E-state index contributed by atoms with van der Waals surface area (Å²) >= 11 is 0. The Hall–Kier alpha value is -1.87. The van der Waals surface area contributed by atoms with Crippen molar-refractivity contribution in [1.82, 2.24) is 0 Å². The number of nitriles is 1. The van der Waals surface area contributed by atoms with Crippen molar-refractivity contribution in [3.05, 3.63) is 23.8 Å². The number of hydrogen-bond acceptors (Lipinski definition) is 4. The molecular formula is C11H10N2O3S. The molecule has 6 heteroatoms. The maximum atomic E-state index is 12.1. The molecule has 1 aromatic rings. The van der Waals surface area contributed by atoms with E-state index in [1.54, 1.807) is 25.1 Å². The van der Waals surface area contributed by atoms with Gasteiger partial charge in [0.05, 0.1) is 23.1 Å². The molecule has 1 unspecified atom stereocenters. The van der Waals surface area contributed by atoms with Gasteiger partial charge in [-0.3, -0.25) is 4.79 Å². The lowest BCUT2D eigenvalue weighted by atomic mass is 10.2. The van der Waals surface area contributed by atoms with Crippen molar-refractivity contribution in [3.63, 3.8) is 0 Å². The van der Waals surface area contributed by atoms with E-state index in [2.05, 4.69) is 5.32 Å². The molecule has 2 rings (SSSR count). The molecule has 1 aromatic carbocycles. The van der Waals surface area contributed by atoms with Crippen molar-refractivity contribution in [2.45, 2.75) is 23.5 Å². The molecule has 1 heterocycles. The summed E-state index contributed by atoms with van der Waals surface area (Å²) in [6, 6.07) is 6.51. The summed E-state index contributed by atoms with van der Waals surface area (Å²) in [5.74, 6) is -0.631. The van der Waals surface area contributed by atoms with Crippen LogP contribution in [0, 0.1) is 18.3 Å². The summed E-state index contributed by atoms with van der Waals surface area (Å²) < 4.78 is 24.3. The number of anilines is 1. The Bertz CT molecular complexity index is 629. The molecule has 0 fully saturated rings. The van der Waals surface area contributed by atoms with Gasteiger partial charge >= 0.3 is 0 Å². The Morgan fingerprint density at radius 3 is 2.82 bits per heavy atom. The number of hydrogen-bond donors (Lipinski definition) is 1. The molecule has 1 aliphatic heterocycles. The number of para-hydroxylation sites is 1. The van der Waals surface area contributed by atoms with Crippen LogP contribution in [0.15, 0.2) is 23.1 Å². The van der Waals surface area contributed by atoms with Gasteiger partial charge in [-0.25, -0.2) is 8.42 Å². The van der Waals surface area contributed by atoms with Crippen LogP contribution in [0.25, 0.3) is 0 Å². The first kappa shape index (κ1) is 11.6. The average Bonchev–Trinajstić information content (AvgIpc) is 2.26. The van der Waals surface area contributed by atoms with E-state index in [1.165, 1.54) is 6.07 Å². The number of carbonyl (C=O) groups is 1. The van der Waals surface area contributed by atoms with E-state index in [1.807, 2.05) is 0 Å². The van der Waals surface area contributed by atoms with E-state index < -0.39 is 21.0 Å². The second kappa shape index (κ2) is 3.86. The number of carbonyl (C=O) groups excluding carboxylic acids is 1. The molecule has 5 nitrogen and oxygen atoms in total. The van der Waals surface area contributed by atoms with Crippen LogP contribution in [-0.2, 0) is 14.6 Å². The third-order valence-electron chi connectivity index (χ3n) is 2.73. The van der Waals surface area contributed by atoms with Crippen molar-refractivity contribution < 1.29 is 13.2 Å². The van der Waals surface area contributed by atoms with E-state index >= 15 is 0 Å². The molecular weight excluding hydrogens is 240 g/mol. The molecule has 1 atom stereocenters.